The standard InChI is InChI=1S/C30H25F2N3O5/c31-21-9-11-23(12-10-21)35-28(6-1-2-7-29(36)37)33-27-15-20(8-13-25(27)30(35)38)26-16-24(40-34-26)18-39-17-19-4-3-5-22(32)14-19/h3-5,8-16H,1-2,6-7,17-18H2,(H,36,37). The van der Waals surface area contributed by atoms with Gasteiger partial charge in [-0.2, -0.15) is 0 Å². The third kappa shape index (κ3) is 6.29. The van der Waals surface area contributed by atoms with E-state index in [0.29, 0.717) is 64.3 Å². The van der Waals surface area contributed by atoms with Gasteiger partial charge in [-0.1, -0.05) is 23.4 Å². The average molecular weight is 546 g/mol. The van der Waals surface area contributed by atoms with E-state index in [1.165, 1.54) is 41.0 Å². The van der Waals surface area contributed by atoms with Crippen LogP contribution in [0.15, 0.2) is 82.1 Å². The molecule has 5 aromatic rings. The summed E-state index contributed by atoms with van der Waals surface area (Å²) >= 11 is 0. The first-order valence-electron chi connectivity index (χ1n) is 12.7. The second-order valence-electron chi connectivity index (χ2n) is 9.28. The number of benzene rings is 3. The van der Waals surface area contributed by atoms with Crippen molar-refractivity contribution in [3.63, 3.8) is 0 Å². The van der Waals surface area contributed by atoms with E-state index in [2.05, 4.69) is 5.16 Å². The van der Waals surface area contributed by atoms with Crippen LogP contribution in [0.2, 0.25) is 0 Å². The van der Waals surface area contributed by atoms with Crippen LogP contribution in [-0.2, 0) is 29.2 Å². The van der Waals surface area contributed by atoms with Gasteiger partial charge in [0.25, 0.3) is 5.56 Å². The molecular formula is C30H25F2N3O5. The lowest BCUT2D eigenvalue weighted by Gasteiger charge is -2.14. The molecule has 0 aliphatic carbocycles. The van der Waals surface area contributed by atoms with Crippen LogP contribution in [0.5, 0.6) is 0 Å². The van der Waals surface area contributed by atoms with Crippen molar-refractivity contribution >= 4 is 16.9 Å². The topological polar surface area (TPSA) is 107 Å². The van der Waals surface area contributed by atoms with Gasteiger partial charge in [0.2, 0.25) is 0 Å². The fraction of sp³-hybridized carbons (Fsp3) is 0.200. The molecule has 0 unspecified atom stereocenters. The van der Waals surface area contributed by atoms with Gasteiger partial charge in [0.1, 0.15) is 29.8 Å². The van der Waals surface area contributed by atoms with E-state index in [1.807, 2.05) is 0 Å². The van der Waals surface area contributed by atoms with Gasteiger partial charge in [-0.25, -0.2) is 13.8 Å². The number of aliphatic carboxylic acids is 1. The van der Waals surface area contributed by atoms with Gasteiger partial charge in [-0.05, 0) is 66.9 Å². The maximum Gasteiger partial charge on any atom is 0.303 e. The van der Waals surface area contributed by atoms with Gasteiger partial charge >= 0.3 is 5.97 Å². The van der Waals surface area contributed by atoms with Gasteiger partial charge in [-0.3, -0.25) is 14.2 Å². The molecule has 8 nitrogen and oxygen atoms in total. The van der Waals surface area contributed by atoms with Crippen molar-refractivity contribution in [2.45, 2.75) is 38.9 Å². The molecule has 0 aliphatic rings. The molecule has 0 bridgehead atoms. The summed E-state index contributed by atoms with van der Waals surface area (Å²) < 4.78 is 39.4. The number of carboxylic acid groups (broad SMARTS) is 1. The molecular weight excluding hydrogens is 520 g/mol. The minimum absolute atomic E-state index is 0.0128. The smallest absolute Gasteiger partial charge is 0.303 e. The number of halogens is 2. The van der Waals surface area contributed by atoms with E-state index in [1.54, 1.807) is 36.4 Å². The Balaban J connectivity index is 1.41. The molecule has 2 heterocycles. The number of aromatic nitrogens is 3. The zero-order chi connectivity index (χ0) is 28.1. The SMILES string of the molecule is O=C(O)CCCCc1nc2cc(-c3cc(COCc4cccc(F)c4)on3)ccc2c(=O)n1-c1ccc(F)cc1. The molecule has 0 atom stereocenters. The van der Waals surface area contributed by atoms with Gasteiger partial charge in [0.05, 0.1) is 23.2 Å². The summed E-state index contributed by atoms with van der Waals surface area (Å²) in [6.45, 7) is 0.349. The van der Waals surface area contributed by atoms with Crippen molar-refractivity contribution < 1.29 is 27.9 Å². The normalized spacial score (nSPS) is 11.2. The molecule has 10 heteroatoms. The molecule has 0 fully saturated rings. The van der Waals surface area contributed by atoms with Crippen LogP contribution in [-0.4, -0.2) is 25.8 Å². The first kappa shape index (κ1) is 26.9. The van der Waals surface area contributed by atoms with E-state index in [4.69, 9.17) is 19.4 Å². The number of fused-ring (bicyclic) bond motifs is 1. The number of unbranched alkanes of at least 4 members (excludes halogenated alkanes) is 1. The number of hydrogen-bond acceptors (Lipinski definition) is 6. The highest BCUT2D eigenvalue weighted by Crippen LogP contribution is 2.24. The lowest BCUT2D eigenvalue weighted by Crippen LogP contribution is -2.24. The van der Waals surface area contributed by atoms with Crippen molar-refractivity contribution in [1.29, 1.82) is 0 Å². The maximum absolute atomic E-state index is 13.6. The highest BCUT2D eigenvalue weighted by Gasteiger charge is 2.15. The van der Waals surface area contributed by atoms with Crippen LogP contribution in [0, 0.1) is 11.6 Å². The molecule has 0 saturated carbocycles. The number of carboxylic acids is 1. The van der Waals surface area contributed by atoms with Crippen LogP contribution >= 0.6 is 0 Å². The second-order valence-corrected chi connectivity index (χ2v) is 9.28. The summed E-state index contributed by atoms with van der Waals surface area (Å²) in [6, 6.07) is 18.6. The summed E-state index contributed by atoms with van der Waals surface area (Å²) in [5.41, 5.74) is 2.50. The van der Waals surface area contributed by atoms with Crippen molar-refractivity contribution in [3.05, 3.63) is 112 Å². The molecule has 0 spiro atoms. The number of rotatable bonds is 11. The number of nitrogens with zero attached hydrogens (tertiary/aromatic N) is 3. The highest BCUT2D eigenvalue weighted by molar-refractivity contribution is 5.83. The molecule has 0 radical (unpaired) electrons. The number of carbonyl (C=O) groups is 1. The summed E-state index contributed by atoms with van der Waals surface area (Å²) in [6.07, 6.45) is 1.30. The van der Waals surface area contributed by atoms with E-state index in [9.17, 15) is 18.4 Å². The number of hydrogen-bond donors (Lipinski definition) is 1. The first-order chi connectivity index (χ1) is 19.4. The summed E-state index contributed by atoms with van der Waals surface area (Å²) in [5.74, 6) is -0.729. The third-order valence-electron chi connectivity index (χ3n) is 6.32. The van der Waals surface area contributed by atoms with E-state index < -0.39 is 11.8 Å². The zero-order valence-electron chi connectivity index (χ0n) is 21.3. The van der Waals surface area contributed by atoms with Crippen LogP contribution in [0.4, 0.5) is 8.78 Å². The summed E-state index contributed by atoms with van der Waals surface area (Å²) in [4.78, 5) is 29.2. The van der Waals surface area contributed by atoms with Crippen LogP contribution in [0.3, 0.4) is 0 Å². The lowest BCUT2D eigenvalue weighted by molar-refractivity contribution is -0.137. The number of ether oxygens (including phenoxy) is 1. The Kier molecular flexibility index (Phi) is 8.07. The predicted octanol–water partition coefficient (Wildman–Crippen LogP) is 5.83. The Morgan fingerprint density at radius 1 is 0.950 bits per heavy atom. The summed E-state index contributed by atoms with van der Waals surface area (Å²) in [7, 11) is 0. The lowest BCUT2D eigenvalue weighted by atomic mass is 10.1. The number of aryl methyl sites for hydroxylation is 1. The first-order valence-corrected chi connectivity index (χ1v) is 12.7. The van der Waals surface area contributed by atoms with Crippen LogP contribution in [0.25, 0.3) is 27.8 Å². The third-order valence-corrected chi connectivity index (χ3v) is 6.32. The molecule has 204 valence electrons. The van der Waals surface area contributed by atoms with E-state index in [-0.39, 0.29) is 31.0 Å². The molecule has 5 rings (SSSR count). The second kappa shape index (κ2) is 12.0. The predicted molar refractivity (Wildman–Crippen MR) is 143 cm³/mol. The van der Waals surface area contributed by atoms with E-state index in [0.717, 1.165) is 0 Å². The van der Waals surface area contributed by atoms with Crippen LogP contribution < -0.4 is 5.56 Å². The minimum atomic E-state index is -0.890. The molecule has 0 saturated heterocycles. The Morgan fingerprint density at radius 2 is 1.77 bits per heavy atom. The fourth-order valence-electron chi connectivity index (χ4n) is 4.39. The van der Waals surface area contributed by atoms with Gasteiger partial charge in [0.15, 0.2) is 5.76 Å². The quantitative estimate of drug-likeness (QED) is 0.208. The Labute approximate surface area is 227 Å². The van der Waals surface area contributed by atoms with Gasteiger partial charge in [-0.15, -0.1) is 0 Å². The molecule has 3 aromatic carbocycles. The maximum atomic E-state index is 13.6. The molecule has 1 N–H and O–H groups in total. The summed E-state index contributed by atoms with van der Waals surface area (Å²) in [5, 5.41) is 13.4. The fourth-order valence-corrected chi connectivity index (χ4v) is 4.39. The van der Waals surface area contributed by atoms with E-state index >= 15 is 0 Å². The van der Waals surface area contributed by atoms with Crippen molar-refractivity contribution in [2.75, 3.05) is 0 Å². The zero-order valence-corrected chi connectivity index (χ0v) is 21.3. The van der Waals surface area contributed by atoms with Gasteiger partial charge in [0, 0.05) is 24.5 Å². The highest BCUT2D eigenvalue weighted by atomic mass is 19.1. The molecule has 2 aromatic heterocycles. The minimum Gasteiger partial charge on any atom is -0.481 e. The molecule has 40 heavy (non-hydrogen) atoms. The van der Waals surface area contributed by atoms with Crippen molar-refractivity contribution in [3.8, 4) is 16.9 Å². The van der Waals surface area contributed by atoms with Crippen molar-refractivity contribution in [2.24, 2.45) is 0 Å². The van der Waals surface area contributed by atoms with Gasteiger partial charge < -0.3 is 14.4 Å². The Hall–Kier alpha value is -4.70. The average Bonchev–Trinajstić information content (AvgIpc) is 3.41. The Bertz CT molecular complexity index is 1710. The monoisotopic (exact) mass is 545 g/mol. The van der Waals surface area contributed by atoms with Crippen LogP contribution in [0.1, 0.15) is 36.4 Å². The van der Waals surface area contributed by atoms with Crippen molar-refractivity contribution in [1.82, 2.24) is 14.7 Å². The molecule has 0 aliphatic heterocycles. The molecule has 0 amide bonds. The Morgan fingerprint density at radius 3 is 2.55 bits per heavy atom. The largest absolute Gasteiger partial charge is 0.481 e.